The van der Waals surface area contributed by atoms with Gasteiger partial charge in [-0.05, 0) is 30.2 Å². The molecule has 2 saturated carbocycles. The Balaban J connectivity index is 1.76. The van der Waals surface area contributed by atoms with Crippen molar-refractivity contribution in [2.75, 3.05) is 12.9 Å². The summed E-state index contributed by atoms with van der Waals surface area (Å²) in [6.07, 6.45) is 2.15. The number of fused-ring (bicyclic) bond motifs is 2. The van der Waals surface area contributed by atoms with Crippen molar-refractivity contribution in [2.45, 2.75) is 39.7 Å². The number of carbonyl (C=O) groups is 1. The number of rotatable bonds is 6. The second-order valence-electron chi connectivity index (χ2n) is 7.56. The summed E-state index contributed by atoms with van der Waals surface area (Å²) >= 11 is 0. The van der Waals surface area contributed by atoms with Crippen molar-refractivity contribution in [3.63, 3.8) is 0 Å². The average Bonchev–Trinajstić information content (AvgIpc) is 2.87. The molecule has 0 aliphatic heterocycles. The van der Waals surface area contributed by atoms with Crippen LogP contribution in [0, 0.1) is 16.7 Å². The van der Waals surface area contributed by atoms with Crippen LogP contribution >= 0.6 is 0 Å². The molecule has 6 heteroatoms. The number of para-hydroxylation sites is 1. The summed E-state index contributed by atoms with van der Waals surface area (Å²) in [6, 6.07) is 7.31. The molecule has 0 amide bonds. The molecule has 2 bridgehead atoms. The first-order chi connectivity index (χ1) is 11.2. The van der Waals surface area contributed by atoms with Gasteiger partial charge in [-0.25, -0.2) is 13.1 Å². The topological polar surface area (TPSA) is 72.5 Å². The van der Waals surface area contributed by atoms with Crippen LogP contribution < -0.4 is 9.46 Å². The lowest BCUT2D eigenvalue weighted by Gasteiger charge is -2.36. The summed E-state index contributed by atoms with van der Waals surface area (Å²) in [5.41, 5.74) is -0.199. The highest BCUT2D eigenvalue weighted by Crippen LogP contribution is 2.64. The number of ketones is 1. The summed E-state index contributed by atoms with van der Waals surface area (Å²) in [7, 11) is -2.00. The largest absolute Gasteiger partial charge is 0.496 e. The zero-order chi connectivity index (χ0) is 17.6. The third-order valence-electron chi connectivity index (χ3n) is 6.25. The molecule has 132 valence electrons. The monoisotopic (exact) mass is 351 g/mol. The van der Waals surface area contributed by atoms with E-state index in [1.54, 1.807) is 13.2 Å². The van der Waals surface area contributed by atoms with E-state index < -0.39 is 15.4 Å². The van der Waals surface area contributed by atoms with Gasteiger partial charge in [-0.3, -0.25) is 4.79 Å². The molecule has 0 unspecified atom stereocenters. The number of methoxy groups -OCH3 is 1. The Morgan fingerprint density at radius 2 is 2.00 bits per heavy atom. The van der Waals surface area contributed by atoms with Crippen LogP contribution in [0.1, 0.15) is 38.7 Å². The Kier molecular flexibility index (Phi) is 4.24. The first-order valence-electron chi connectivity index (χ1n) is 8.34. The SMILES string of the molecule is COc1ccccc1CNS(=O)(=O)C[C@]12CC[C@@H](CC1=O)C2(C)C. The fourth-order valence-electron chi connectivity index (χ4n) is 4.52. The van der Waals surface area contributed by atoms with E-state index in [4.69, 9.17) is 4.74 Å². The van der Waals surface area contributed by atoms with E-state index in [0.717, 1.165) is 12.0 Å². The minimum absolute atomic E-state index is 0.114. The van der Waals surface area contributed by atoms with Crippen molar-refractivity contribution >= 4 is 15.8 Å². The summed E-state index contributed by atoms with van der Waals surface area (Å²) in [4.78, 5) is 12.5. The van der Waals surface area contributed by atoms with Crippen molar-refractivity contribution in [3.8, 4) is 5.75 Å². The van der Waals surface area contributed by atoms with Crippen LogP contribution in [0.3, 0.4) is 0 Å². The quantitative estimate of drug-likeness (QED) is 0.855. The number of Topliss-reactive ketones (excluding diaryl/α,β-unsaturated/α-hetero) is 1. The van der Waals surface area contributed by atoms with E-state index in [1.807, 2.05) is 32.0 Å². The molecule has 0 saturated heterocycles. The highest BCUT2D eigenvalue weighted by molar-refractivity contribution is 7.89. The number of nitrogens with one attached hydrogen (secondary N) is 1. The third kappa shape index (κ3) is 2.65. The van der Waals surface area contributed by atoms with Crippen LogP contribution in [0.2, 0.25) is 0 Å². The molecule has 5 nitrogen and oxygen atoms in total. The van der Waals surface area contributed by atoms with Crippen LogP contribution in [0.15, 0.2) is 24.3 Å². The molecular weight excluding hydrogens is 326 g/mol. The minimum Gasteiger partial charge on any atom is -0.496 e. The maximum Gasteiger partial charge on any atom is 0.212 e. The van der Waals surface area contributed by atoms with Crippen LogP contribution in [0.4, 0.5) is 0 Å². The Morgan fingerprint density at radius 3 is 2.58 bits per heavy atom. The predicted octanol–water partition coefficient (Wildman–Crippen LogP) is 2.51. The first-order valence-corrected chi connectivity index (χ1v) is 10.00. The lowest BCUT2D eigenvalue weighted by atomic mass is 9.70. The Hall–Kier alpha value is -1.40. The van der Waals surface area contributed by atoms with Crippen molar-refractivity contribution in [3.05, 3.63) is 29.8 Å². The van der Waals surface area contributed by atoms with Crippen molar-refractivity contribution in [1.82, 2.24) is 4.72 Å². The van der Waals surface area contributed by atoms with Crippen LogP contribution in [0.25, 0.3) is 0 Å². The molecule has 2 aliphatic carbocycles. The van der Waals surface area contributed by atoms with Crippen LogP contribution in [-0.2, 0) is 21.4 Å². The van der Waals surface area contributed by atoms with Crippen LogP contribution in [0.5, 0.6) is 5.75 Å². The molecule has 24 heavy (non-hydrogen) atoms. The van der Waals surface area contributed by atoms with Gasteiger partial charge in [0, 0.05) is 23.9 Å². The van der Waals surface area contributed by atoms with Gasteiger partial charge in [-0.1, -0.05) is 32.0 Å². The molecule has 0 aromatic heterocycles. The van der Waals surface area contributed by atoms with E-state index in [-0.39, 0.29) is 23.5 Å². The van der Waals surface area contributed by atoms with Gasteiger partial charge in [-0.15, -0.1) is 0 Å². The molecule has 3 rings (SSSR count). The molecule has 0 heterocycles. The minimum atomic E-state index is -3.56. The third-order valence-corrected chi connectivity index (χ3v) is 7.71. The highest BCUT2D eigenvalue weighted by Gasteiger charge is 2.65. The molecule has 2 atom stereocenters. The van der Waals surface area contributed by atoms with Crippen molar-refractivity contribution in [1.29, 1.82) is 0 Å². The number of sulfonamides is 1. The maximum atomic E-state index is 12.7. The predicted molar refractivity (Wildman–Crippen MR) is 92.2 cm³/mol. The number of hydrogen-bond donors (Lipinski definition) is 1. The molecule has 1 N–H and O–H groups in total. The Labute approximate surface area is 143 Å². The van der Waals surface area contributed by atoms with E-state index in [1.165, 1.54) is 0 Å². The van der Waals surface area contributed by atoms with E-state index in [2.05, 4.69) is 4.72 Å². The second-order valence-corrected chi connectivity index (χ2v) is 9.37. The van der Waals surface area contributed by atoms with Crippen molar-refractivity contribution in [2.24, 2.45) is 16.7 Å². The summed E-state index contributed by atoms with van der Waals surface area (Å²) in [5, 5.41) is 0. The Morgan fingerprint density at radius 1 is 1.29 bits per heavy atom. The van der Waals surface area contributed by atoms with Gasteiger partial charge in [0.15, 0.2) is 0 Å². The van der Waals surface area contributed by atoms with Gasteiger partial charge in [-0.2, -0.15) is 0 Å². The molecule has 2 aliphatic rings. The first kappa shape index (κ1) is 17.4. The molecule has 0 spiro atoms. The van der Waals surface area contributed by atoms with Gasteiger partial charge < -0.3 is 4.74 Å². The van der Waals surface area contributed by atoms with E-state index in [0.29, 0.717) is 24.5 Å². The molecule has 1 aromatic carbocycles. The Bertz CT molecular complexity index is 756. The van der Waals surface area contributed by atoms with Gasteiger partial charge in [0.1, 0.15) is 11.5 Å². The second kappa shape index (κ2) is 5.85. The zero-order valence-electron chi connectivity index (χ0n) is 14.5. The fraction of sp³-hybridized carbons (Fsp3) is 0.611. The number of hydrogen-bond acceptors (Lipinski definition) is 4. The van der Waals surface area contributed by atoms with Gasteiger partial charge in [0.05, 0.1) is 12.9 Å². The molecular formula is C18H25NO4S. The van der Waals surface area contributed by atoms with Gasteiger partial charge >= 0.3 is 0 Å². The van der Waals surface area contributed by atoms with Crippen LogP contribution in [-0.4, -0.2) is 27.1 Å². The number of carbonyl (C=O) groups excluding carboxylic acids is 1. The fourth-order valence-corrected chi connectivity index (χ4v) is 6.32. The maximum absolute atomic E-state index is 12.7. The van der Waals surface area contributed by atoms with E-state index >= 15 is 0 Å². The molecule has 2 fully saturated rings. The molecule has 0 radical (unpaired) electrons. The van der Waals surface area contributed by atoms with Gasteiger partial charge in [0.2, 0.25) is 10.0 Å². The zero-order valence-corrected chi connectivity index (χ0v) is 15.3. The normalized spacial score (nSPS) is 28.3. The summed E-state index contributed by atoms with van der Waals surface area (Å²) in [6.45, 7) is 4.26. The number of benzene rings is 1. The van der Waals surface area contributed by atoms with Crippen molar-refractivity contribution < 1.29 is 17.9 Å². The highest BCUT2D eigenvalue weighted by atomic mass is 32.2. The summed E-state index contributed by atoms with van der Waals surface area (Å²) < 4.78 is 33.2. The smallest absolute Gasteiger partial charge is 0.212 e. The lowest BCUT2D eigenvalue weighted by Crippen LogP contribution is -2.45. The standard InChI is InChI=1S/C18H25NO4S/c1-17(2)14-8-9-18(17,16(20)10-14)12-24(21,22)19-11-13-6-4-5-7-15(13)23-3/h4-7,14,19H,8-12H2,1-3H3/t14-,18+/m0/s1. The summed E-state index contributed by atoms with van der Waals surface area (Å²) in [5.74, 6) is 0.967. The molecule has 1 aromatic rings. The average molecular weight is 351 g/mol. The lowest BCUT2D eigenvalue weighted by molar-refractivity contribution is -0.128. The van der Waals surface area contributed by atoms with Gasteiger partial charge in [0.25, 0.3) is 0 Å². The van der Waals surface area contributed by atoms with E-state index in [9.17, 15) is 13.2 Å². The number of ether oxygens (including phenoxy) is 1.